The second-order valence-electron chi connectivity index (χ2n) is 7.07. The molecule has 0 bridgehead atoms. The van der Waals surface area contributed by atoms with Crippen molar-refractivity contribution < 1.29 is 23.5 Å². The zero-order valence-corrected chi connectivity index (χ0v) is 15.1. The molecular formula is C21H17FN2O4. The van der Waals surface area contributed by atoms with E-state index in [-0.39, 0.29) is 30.6 Å². The summed E-state index contributed by atoms with van der Waals surface area (Å²) in [6, 6.07) is 14.1. The standard InChI is InChI=1S/C21H17FN2O4/c1-21(20(27)23-18(28-21)13-7-9-15(22)10-8-13)12-14-11-17(25)24(19(14)26)16-5-3-2-4-6-16/h2-10,14H,11-12H2,1H3/t14?,21-/m0/s1. The van der Waals surface area contributed by atoms with Crippen molar-refractivity contribution in [3.63, 3.8) is 0 Å². The molecule has 6 nitrogen and oxygen atoms in total. The van der Waals surface area contributed by atoms with Gasteiger partial charge in [-0.15, -0.1) is 0 Å². The number of anilines is 1. The number of rotatable bonds is 4. The van der Waals surface area contributed by atoms with Gasteiger partial charge in [0.25, 0.3) is 5.91 Å². The molecule has 2 atom stereocenters. The second kappa shape index (κ2) is 6.67. The molecule has 0 spiro atoms. The summed E-state index contributed by atoms with van der Waals surface area (Å²) >= 11 is 0. The molecule has 28 heavy (non-hydrogen) atoms. The van der Waals surface area contributed by atoms with Crippen molar-refractivity contribution in [1.82, 2.24) is 0 Å². The number of carbonyl (C=O) groups excluding carboxylic acids is 3. The molecule has 142 valence electrons. The van der Waals surface area contributed by atoms with E-state index in [4.69, 9.17) is 4.74 Å². The van der Waals surface area contributed by atoms with Crippen LogP contribution in [-0.2, 0) is 19.1 Å². The number of imide groups is 1. The molecule has 1 saturated heterocycles. The van der Waals surface area contributed by atoms with Crippen molar-refractivity contribution in [3.05, 3.63) is 66.0 Å². The molecule has 1 unspecified atom stereocenters. The summed E-state index contributed by atoms with van der Waals surface area (Å²) in [7, 11) is 0. The maximum Gasteiger partial charge on any atom is 0.292 e. The quantitative estimate of drug-likeness (QED) is 0.765. The van der Waals surface area contributed by atoms with Crippen LogP contribution < -0.4 is 4.90 Å². The third-order valence-electron chi connectivity index (χ3n) is 4.96. The van der Waals surface area contributed by atoms with Crippen LogP contribution >= 0.6 is 0 Å². The number of nitrogens with zero attached hydrogens (tertiary/aromatic N) is 2. The van der Waals surface area contributed by atoms with E-state index < -0.39 is 23.2 Å². The highest BCUT2D eigenvalue weighted by Crippen LogP contribution is 2.36. The van der Waals surface area contributed by atoms with Crippen molar-refractivity contribution in [2.75, 3.05) is 4.90 Å². The number of hydrogen-bond donors (Lipinski definition) is 0. The molecule has 2 heterocycles. The first-order valence-corrected chi connectivity index (χ1v) is 8.87. The number of amides is 3. The smallest absolute Gasteiger partial charge is 0.292 e. The molecule has 2 aromatic rings. The number of carbonyl (C=O) groups is 3. The fourth-order valence-electron chi connectivity index (χ4n) is 3.51. The summed E-state index contributed by atoms with van der Waals surface area (Å²) in [4.78, 5) is 42.7. The van der Waals surface area contributed by atoms with Gasteiger partial charge in [-0.1, -0.05) is 18.2 Å². The lowest BCUT2D eigenvalue weighted by molar-refractivity contribution is -0.132. The molecule has 1 fully saturated rings. The van der Waals surface area contributed by atoms with Crippen LogP contribution in [0.25, 0.3) is 0 Å². The molecule has 2 aromatic carbocycles. The van der Waals surface area contributed by atoms with Crippen LogP contribution in [0.1, 0.15) is 25.3 Å². The van der Waals surface area contributed by atoms with Gasteiger partial charge in [-0.2, -0.15) is 4.99 Å². The van der Waals surface area contributed by atoms with Crippen LogP contribution in [0, 0.1) is 11.7 Å². The summed E-state index contributed by atoms with van der Waals surface area (Å²) in [5, 5.41) is 0. The summed E-state index contributed by atoms with van der Waals surface area (Å²) in [6.07, 6.45) is 0.0414. The third-order valence-corrected chi connectivity index (χ3v) is 4.96. The van der Waals surface area contributed by atoms with Gasteiger partial charge < -0.3 is 4.74 Å². The predicted molar refractivity (Wildman–Crippen MR) is 99.1 cm³/mol. The second-order valence-corrected chi connectivity index (χ2v) is 7.07. The monoisotopic (exact) mass is 380 g/mol. The Morgan fingerprint density at radius 3 is 2.46 bits per heavy atom. The molecule has 3 amide bonds. The van der Waals surface area contributed by atoms with Gasteiger partial charge in [0.1, 0.15) is 5.82 Å². The molecule has 0 radical (unpaired) electrons. The van der Waals surface area contributed by atoms with Crippen molar-refractivity contribution >= 4 is 29.3 Å². The maximum absolute atomic E-state index is 13.1. The Hall–Kier alpha value is -3.35. The summed E-state index contributed by atoms with van der Waals surface area (Å²) < 4.78 is 18.9. The molecule has 0 aliphatic carbocycles. The summed E-state index contributed by atoms with van der Waals surface area (Å²) in [6.45, 7) is 1.55. The first-order chi connectivity index (χ1) is 13.4. The van der Waals surface area contributed by atoms with Gasteiger partial charge in [-0.25, -0.2) is 4.39 Å². The Morgan fingerprint density at radius 2 is 1.79 bits per heavy atom. The average Bonchev–Trinajstić information content (AvgIpc) is 3.12. The topological polar surface area (TPSA) is 76.0 Å². The van der Waals surface area contributed by atoms with Crippen LogP contribution in [0.3, 0.4) is 0 Å². The van der Waals surface area contributed by atoms with Crippen LogP contribution in [-0.4, -0.2) is 29.2 Å². The molecule has 2 aliphatic rings. The van der Waals surface area contributed by atoms with E-state index in [1.165, 1.54) is 24.3 Å². The highest BCUT2D eigenvalue weighted by atomic mass is 19.1. The third kappa shape index (κ3) is 3.09. The zero-order chi connectivity index (χ0) is 19.9. The van der Waals surface area contributed by atoms with Crippen molar-refractivity contribution in [2.45, 2.75) is 25.4 Å². The van der Waals surface area contributed by atoms with Crippen molar-refractivity contribution in [2.24, 2.45) is 10.9 Å². The highest BCUT2D eigenvalue weighted by molar-refractivity contribution is 6.21. The minimum absolute atomic E-state index is 0.00579. The van der Waals surface area contributed by atoms with Gasteiger partial charge in [0.2, 0.25) is 17.7 Å². The number of benzene rings is 2. The number of hydrogen-bond acceptors (Lipinski definition) is 4. The van der Waals surface area contributed by atoms with E-state index in [0.29, 0.717) is 11.3 Å². The van der Waals surface area contributed by atoms with Crippen molar-refractivity contribution in [3.8, 4) is 0 Å². The van der Waals surface area contributed by atoms with Gasteiger partial charge in [0.05, 0.1) is 11.6 Å². The Morgan fingerprint density at radius 1 is 1.11 bits per heavy atom. The van der Waals surface area contributed by atoms with Gasteiger partial charge in [0.15, 0.2) is 5.60 Å². The minimum atomic E-state index is -1.35. The number of aliphatic imine (C=N–C) groups is 1. The lowest BCUT2D eigenvalue weighted by atomic mass is 9.90. The number of halogens is 1. The molecule has 7 heteroatoms. The molecule has 0 saturated carbocycles. The van der Waals surface area contributed by atoms with Crippen LogP contribution in [0.4, 0.5) is 10.1 Å². The van der Waals surface area contributed by atoms with Crippen LogP contribution in [0.2, 0.25) is 0 Å². The largest absolute Gasteiger partial charge is 0.461 e. The lowest BCUT2D eigenvalue weighted by Gasteiger charge is -2.24. The van der Waals surface area contributed by atoms with Crippen molar-refractivity contribution in [1.29, 1.82) is 0 Å². The Bertz CT molecular complexity index is 987. The first kappa shape index (κ1) is 18.0. The minimum Gasteiger partial charge on any atom is -0.461 e. The van der Waals surface area contributed by atoms with Gasteiger partial charge in [-0.3, -0.25) is 19.3 Å². The molecule has 4 rings (SSSR count). The maximum atomic E-state index is 13.1. The van der Waals surface area contributed by atoms with Crippen LogP contribution in [0.15, 0.2) is 59.6 Å². The Balaban J connectivity index is 1.51. The van der Waals surface area contributed by atoms with E-state index in [1.54, 1.807) is 37.3 Å². The predicted octanol–water partition coefficient (Wildman–Crippen LogP) is 2.86. The van der Waals surface area contributed by atoms with E-state index in [9.17, 15) is 18.8 Å². The fourth-order valence-corrected chi connectivity index (χ4v) is 3.51. The summed E-state index contributed by atoms with van der Waals surface area (Å²) in [5.74, 6) is -2.19. The summed E-state index contributed by atoms with van der Waals surface area (Å²) in [5.41, 5.74) is -0.373. The normalized spacial score (nSPS) is 24.5. The number of para-hydroxylation sites is 1. The lowest BCUT2D eigenvalue weighted by Crippen LogP contribution is -2.38. The fraction of sp³-hybridized carbons (Fsp3) is 0.238. The van der Waals surface area contributed by atoms with Gasteiger partial charge >= 0.3 is 0 Å². The molecule has 2 aliphatic heterocycles. The first-order valence-electron chi connectivity index (χ1n) is 8.87. The van der Waals surface area contributed by atoms with E-state index >= 15 is 0 Å². The zero-order valence-electron chi connectivity index (χ0n) is 15.1. The van der Waals surface area contributed by atoms with Gasteiger partial charge in [0, 0.05) is 18.4 Å². The molecule has 0 aromatic heterocycles. The van der Waals surface area contributed by atoms with Gasteiger partial charge in [-0.05, 0) is 43.3 Å². The number of ether oxygens (including phenoxy) is 1. The van der Waals surface area contributed by atoms with E-state index in [1.807, 2.05) is 0 Å². The van der Waals surface area contributed by atoms with E-state index in [0.717, 1.165) is 4.90 Å². The Kier molecular flexibility index (Phi) is 4.30. The highest BCUT2D eigenvalue weighted by Gasteiger charge is 2.49. The SMILES string of the molecule is C[C@@]1(CC2CC(=O)N(c3ccccc3)C2=O)OC(c2ccc(F)cc2)=NC1=O. The van der Waals surface area contributed by atoms with Crippen LogP contribution in [0.5, 0.6) is 0 Å². The molecular weight excluding hydrogens is 363 g/mol. The Labute approximate surface area is 160 Å². The molecule has 0 N–H and O–H groups in total. The van der Waals surface area contributed by atoms with E-state index in [2.05, 4.69) is 4.99 Å². The average molecular weight is 380 g/mol.